The van der Waals surface area contributed by atoms with Gasteiger partial charge in [-0.05, 0) is 25.6 Å². The van der Waals surface area contributed by atoms with E-state index in [-0.39, 0.29) is 5.69 Å². The summed E-state index contributed by atoms with van der Waals surface area (Å²) in [6, 6.07) is 2.84. The number of anilines is 1. The largest absolute Gasteiger partial charge is 0.370 e. The van der Waals surface area contributed by atoms with Crippen molar-refractivity contribution in [3.8, 4) is 0 Å². The van der Waals surface area contributed by atoms with Crippen LogP contribution in [0.5, 0.6) is 0 Å². The Labute approximate surface area is 119 Å². The quantitative estimate of drug-likeness (QED) is 0.665. The topological polar surface area (TPSA) is 98.8 Å². The Hall–Kier alpha value is -2.16. The van der Waals surface area contributed by atoms with Crippen LogP contribution in [0, 0.1) is 17.0 Å². The fraction of sp³-hybridized carbons (Fsp3) is 0.364. The summed E-state index contributed by atoms with van der Waals surface area (Å²) < 4.78 is 1.80. The molecule has 0 saturated heterocycles. The molecule has 0 saturated carbocycles. The van der Waals surface area contributed by atoms with Crippen molar-refractivity contribution in [3.63, 3.8) is 0 Å². The van der Waals surface area contributed by atoms with Crippen molar-refractivity contribution < 1.29 is 4.92 Å². The second-order valence-electron chi connectivity index (χ2n) is 4.03. The fourth-order valence-electron chi connectivity index (χ4n) is 1.49. The van der Waals surface area contributed by atoms with Gasteiger partial charge >= 0.3 is 0 Å². The lowest BCUT2D eigenvalue weighted by Crippen LogP contribution is -2.02. The molecule has 2 heterocycles. The number of nitrogens with one attached hydrogen (secondary N) is 1. The van der Waals surface area contributed by atoms with E-state index in [0.717, 1.165) is 5.82 Å². The molecule has 0 unspecified atom stereocenters. The van der Waals surface area contributed by atoms with Gasteiger partial charge in [0.15, 0.2) is 5.16 Å². The maximum absolute atomic E-state index is 10.9. The predicted molar refractivity (Wildman–Crippen MR) is 74.9 cm³/mol. The van der Waals surface area contributed by atoms with Gasteiger partial charge in [-0.2, -0.15) is 0 Å². The third-order valence-electron chi connectivity index (χ3n) is 2.60. The highest BCUT2D eigenvalue weighted by atomic mass is 32.2. The monoisotopic (exact) mass is 294 g/mol. The molecule has 0 radical (unpaired) electrons. The van der Waals surface area contributed by atoms with Gasteiger partial charge in [-0.25, -0.2) is 4.98 Å². The molecule has 0 bridgehead atoms. The average molecular weight is 294 g/mol. The van der Waals surface area contributed by atoms with Crippen LogP contribution in [0.2, 0.25) is 0 Å². The molecular weight excluding hydrogens is 280 g/mol. The average Bonchev–Trinajstić information content (AvgIpc) is 2.71. The third-order valence-corrected chi connectivity index (χ3v) is 3.56. The summed E-state index contributed by atoms with van der Waals surface area (Å²) in [5.74, 6) is 1.24. The van der Waals surface area contributed by atoms with Crippen molar-refractivity contribution in [3.05, 3.63) is 28.1 Å². The first kappa shape index (κ1) is 14.3. The van der Waals surface area contributed by atoms with E-state index in [2.05, 4.69) is 20.5 Å². The van der Waals surface area contributed by atoms with Crippen LogP contribution in [0.25, 0.3) is 0 Å². The van der Waals surface area contributed by atoms with E-state index in [1.807, 2.05) is 20.9 Å². The normalized spacial score (nSPS) is 10.6. The Kier molecular flexibility index (Phi) is 4.18. The molecule has 2 aromatic heterocycles. The summed E-state index contributed by atoms with van der Waals surface area (Å²) in [5.41, 5.74) is -0.00246. The van der Waals surface area contributed by atoms with Crippen molar-refractivity contribution in [2.24, 2.45) is 7.05 Å². The summed E-state index contributed by atoms with van der Waals surface area (Å²) in [5, 5.41) is 23.0. The number of aromatic nitrogens is 4. The smallest absolute Gasteiger partial charge is 0.275 e. The number of hydrogen-bond acceptors (Lipinski definition) is 7. The fourth-order valence-corrected chi connectivity index (χ4v) is 2.35. The lowest BCUT2D eigenvalue weighted by atomic mass is 10.4. The van der Waals surface area contributed by atoms with Crippen molar-refractivity contribution in [2.75, 3.05) is 11.9 Å². The summed E-state index contributed by atoms with van der Waals surface area (Å²) >= 11 is 1.24. The van der Waals surface area contributed by atoms with Gasteiger partial charge in [0.05, 0.1) is 11.0 Å². The Morgan fingerprint density at radius 3 is 2.75 bits per heavy atom. The van der Waals surface area contributed by atoms with Gasteiger partial charge in [0.2, 0.25) is 0 Å². The first-order valence-corrected chi connectivity index (χ1v) is 6.77. The third kappa shape index (κ3) is 3.05. The molecule has 106 valence electrons. The number of aryl methyl sites for hydroxylation is 1. The van der Waals surface area contributed by atoms with E-state index in [4.69, 9.17) is 0 Å². The SMILES string of the molecule is CCNc1cc([N+](=O)[O-])cc(Sc2nnc(C)n2C)n1. The van der Waals surface area contributed by atoms with Gasteiger partial charge < -0.3 is 9.88 Å². The standard InChI is InChI=1S/C11H14N6O2S/c1-4-12-9-5-8(17(18)19)6-10(13-9)20-11-15-14-7(2)16(11)3/h5-6H,4H2,1-3H3,(H,12,13). The minimum Gasteiger partial charge on any atom is -0.370 e. The van der Waals surface area contributed by atoms with E-state index in [0.29, 0.717) is 22.5 Å². The Balaban J connectivity index is 2.35. The maximum atomic E-state index is 10.9. The van der Waals surface area contributed by atoms with Crippen LogP contribution in [0.3, 0.4) is 0 Å². The Morgan fingerprint density at radius 2 is 2.20 bits per heavy atom. The highest BCUT2D eigenvalue weighted by Gasteiger charge is 2.14. The molecule has 0 aromatic carbocycles. The zero-order valence-electron chi connectivity index (χ0n) is 11.3. The van der Waals surface area contributed by atoms with Crippen LogP contribution in [0.1, 0.15) is 12.7 Å². The molecule has 20 heavy (non-hydrogen) atoms. The molecule has 0 fully saturated rings. The number of hydrogen-bond donors (Lipinski definition) is 1. The Morgan fingerprint density at radius 1 is 1.45 bits per heavy atom. The van der Waals surface area contributed by atoms with Gasteiger partial charge in [-0.15, -0.1) is 10.2 Å². The molecule has 0 atom stereocenters. The summed E-state index contributed by atoms with van der Waals surface area (Å²) in [7, 11) is 1.83. The van der Waals surface area contributed by atoms with Gasteiger partial charge in [0.25, 0.3) is 5.69 Å². The highest BCUT2D eigenvalue weighted by molar-refractivity contribution is 7.99. The molecule has 2 aromatic rings. The predicted octanol–water partition coefficient (Wildman–Crippen LogP) is 2.01. The zero-order valence-corrected chi connectivity index (χ0v) is 12.1. The van der Waals surface area contributed by atoms with Crippen LogP contribution < -0.4 is 5.32 Å². The van der Waals surface area contributed by atoms with Crippen LogP contribution in [0.4, 0.5) is 11.5 Å². The number of pyridine rings is 1. The van der Waals surface area contributed by atoms with Crippen LogP contribution in [-0.4, -0.2) is 31.2 Å². The molecule has 2 rings (SSSR count). The van der Waals surface area contributed by atoms with E-state index < -0.39 is 4.92 Å². The number of nitrogens with zero attached hydrogens (tertiary/aromatic N) is 5. The Bertz CT molecular complexity index is 642. The second-order valence-corrected chi connectivity index (χ2v) is 5.01. The van der Waals surface area contributed by atoms with Gasteiger partial charge in [0, 0.05) is 19.7 Å². The zero-order chi connectivity index (χ0) is 14.7. The van der Waals surface area contributed by atoms with Crippen molar-refractivity contribution in [2.45, 2.75) is 24.0 Å². The molecule has 1 N–H and O–H groups in total. The second kappa shape index (κ2) is 5.87. The molecule has 0 aliphatic rings. The molecule has 8 nitrogen and oxygen atoms in total. The van der Waals surface area contributed by atoms with Crippen molar-refractivity contribution >= 4 is 23.3 Å². The lowest BCUT2D eigenvalue weighted by Gasteiger charge is -2.05. The summed E-state index contributed by atoms with van der Waals surface area (Å²) in [6.45, 7) is 4.38. The van der Waals surface area contributed by atoms with Crippen LogP contribution >= 0.6 is 11.8 Å². The molecule has 0 aliphatic heterocycles. The minimum absolute atomic E-state index is 0.00246. The molecule has 0 amide bonds. The van der Waals surface area contributed by atoms with E-state index in [9.17, 15) is 10.1 Å². The number of nitro groups is 1. The molecular formula is C11H14N6O2S. The molecule has 0 spiro atoms. The van der Waals surface area contributed by atoms with Gasteiger partial charge in [-0.3, -0.25) is 10.1 Å². The summed E-state index contributed by atoms with van der Waals surface area (Å²) in [6.07, 6.45) is 0. The van der Waals surface area contributed by atoms with Crippen molar-refractivity contribution in [1.29, 1.82) is 0 Å². The lowest BCUT2D eigenvalue weighted by molar-refractivity contribution is -0.385. The maximum Gasteiger partial charge on any atom is 0.275 e. The number of rotatable bonds is 5. The molecule has 0 aliphatic carbocycles. The van der Waals surface area contributed by atoms with E-state index in [1.165, 1.54) is 23.9 Å². The van der Waals surface area contributed by atoms with Crippen LogP contribution in [-0.2, 0) is 7.05 Å². The minimum atomic E-state index is -0.436. The summed E-state index contributed by atoms with van der Waals surface area (Å²) in [4.78, 5) is 14.8. The van der Waals surface area contributed by atoms with Crippen molar-refractivity contribution in [1.82, 2.24) is 19.7 Å². The van der Waals surface area contributed by atoms with Gasteiger partial charge in [0.1, 0.15) is 16.7 Å². The first-order valence-electron chi connectivity index (χ1n) is 5.95. The van der Waals surface area contributed by atoms with Gasteiger partial charge in [-0.1, -0.05) is 0 Å². The van der Waals surface area contributed by atoms with E-state index in [1.54, 1.807) is 4.57 Å². The van der Waals surface area contributed by atoms with Crippen LogP contribution in [0.15, 0.2) is 22.3 Å². The first-order chi connectivity index (χ1) is 9.51. The highest BCUT2D eigenvalue weighted by Crippen LogP contribution is 2.29. The molecule has 9 heteroatoms. The van der Waals surface area contributed by atoms with E-state index >= 15 is 0 Å².